The number of hydrogen-bond acceptors (Lipinski definition) is 3. The van der Waals surface area contributed by atoms with Gasteiger partial charge >= 0.3 is 0 Å². The maximum atomic E-state index is 5.69. The zero-order valence-electron chi connectivity index (χ0n) is 11.0. The molecule has 0 aromatic heterocycles. The second kappa shape index (κ2) is 8.09. The lowest BCUT2D eigenvalue weighted by molar-refractivity contribution is 0.0644. The summed E-state index contributed by atoms with van der Waals surface area (Å²) in [5, 5.41) is 0. The summed E-state index contributed by atoms with van der Waals surface area (Å²) >= 11 is 0. The third kappa shape index (κ3) is 5.71. The van der Waals surface area contributed by atoms with Crippen LogP contribution in [0.25, 0.3) is 0 Å². The van der Waals surface area contributed by atoms with Crippen LogP contribution in [0, 0.1) is 13.8 Å². The largest absolute Gasteiger partial charge is 0.493 e. The summed E-state index contributed by atoms with van der Waals surface area (Å²) in [6.45, 7) is 6.86. The molecule has 3 heteroatoms. The van der Waals surface area contributed by atoms with Gasteiger partial charge in [-0.25, -0.2) is 0 Å². The van der Waals surface area contributed by atoms with Crippen molar-refractivity contribution in [3.8, 4) is 5.75 Å². The van der Waals surface area contributed by atoms with E-state index in [1.807, 2.05) is 6.07 Å². The Kier molecular flexibility index (Phi) is 6.67. The number of methoxy groups -OCH3 is 1. The quantitative estimate of drug-likeness (QED) is 0.652. The summed E-state index contributed by atoms with van der Waals surface area (Å²) < 4.78 is 15.9. The van der Waals surface area contributed by atoms with Gasteiger partial charge in [0.1, 0.15) is 5.75 Å². The van der Waals surface area contributed by atoms with Crippen LogP contribution >= 0.6 is 0 Å². The van der Waals surface area contributed by atoms with Gasteiger partial charge in [0.2, 0.25) is 0 Å². The lowest BCUT2D eigenvalue weighted by atomic mass is 10.1. The molecule has 1 aromatic carbocycles. The lowest BCUT2D eigenvalue weighted by Crippen LogP contribution is -2.07. The molecule has 0 fully saturated rings. The van der Waals surface area contributed by atoms with Crippen LogP contribution < -0.4 is 4.74 Å². The van der Waals surface area contributed by atoms with Crippen molar-refractivity contribution in [2.24, 2.45) is 0 Å². The zero-order valence-corrected chi connectivity index (χ0v) is 11.0. The highest BCUT2D eigenvalue weighted by molar-refractivity contribution is 5.35. The molecule has 0 bridgehead atoms. The summed E-state index contributed by atoms with van der Waals surface area (Å²) in [6, 6.07) is 6.22. The van der Waals surface area contributed by atoms with E-state index in [9.17, 15) is 0 Å². The molecule has 0 spiro atoms. The molecular formula is C14H22O3. The Morgan fingerprint density at radius 3 is 2.53 bits per heavy atom. The van der Waals surface area contributed by atoms with Gasteiger partial charge in [-0.15, -0.1) is 0 Å². The fraction of sp³-hybridized carbons (Fsp3) is 0.571. The summed E-state index contributed by atoms with van der Waals surface area (Å²) in [4.78, 5) is 0. The molecule has 1 aromatic rings. The van der Waals surface area contributed by atoms with Crippen LogP contribution in [0.3, 0.4) is 0 Å². The predicted octanol–water partition coefficient (Wildman–Crippen LogP) is 2.74. The second-order valence-corrected chi connectivity index (χ2v) is 4.08. The van der Waals surface area contributed by atoms with Gasteiger partial charge in [0.15, 0.2) is 0 Å². The number of rotatable bonds is 8. The summed E-state index contributed by atoms with van der Waals surface area (Å²) in [6.07, 6.45) is 0.900. The van der Waals surface area contributed by atoms with Crippen molar-refractivity contribution in [1.29, 1.82) is 0 Å². The van der Waals surface area contributed by atoms with E-state index >= 15 is 0 Å². The summed E-state index contributed by atoms with van der Waals surface area (Å²) in [7, 11) is 1.67. The Morgan fingerprint density at radius 1 is 1.00 bits per heavy atom. The van der Waals surface area contributed by atoms with Crippen LogP contribution in [0.15, 0.2) is 18.2 Å². The Morgan fingerprint density at radius 2 is 1.82 bits per heavy atom. The molecule has 0 aliphatic heterocycles. The van der Waals surface area contributed by atoms with E-state index in [2.05, 4.69) is 26.0 Å². The van der Waals surface area contributed by atoms with Crippen molar-refractivity contribution in [1.82, 2.24) is 0 Å². The van der Waals surface area contributed by atoms with E-state index in [1.54, 1.807) is 7.11 Å². The number of ether oxygens (including phenoxy) is 3. The minimum Gasteiger partial charge on any atom is -0.493 e. The molecule has 0 atom stereocenters. The molecule has 0 radical (unpaired) electrons. The maximum absolute atomic E-state index is 5.69. The van der Waals surface area contributed by atoms with Gasteiger partial charge < -0.3 is 14.2 Å². The molecule has 1 rings (SSSR count). The average Bonchev–Trinajstić information content (AvgIpc) is 2.30. The minimum atomic E-state index is 0.651. The molecule has 96 valence electrons. The standard InChI is InChI=1S/C14H22O3/c1-12-5-6-14(13(2)11-12)17-8-4-7-16-10-9-15-3/h5-6,11H,4,7-10H2,1-3H3. The molecule has 0 aliphatic rings. The van der Waals surface area contributed by atoms with E-state index < -0.39 is 0 Å². The zero-order chi connectivity index (χ0) is 12.5. The first kappa shape index (κ1) is 14.0. The summed E-state index contributed by atoms with van der Waals surface area (Å²) in [5.41, 5.74) is 2.45. The van der Waals surface area contributed by atoms with Crippen molar-refractivity contribution < 1.29 is 14.2 Å². The fourth-order valence-electron chi connectivity index (χ4n) is 1.55. The van der Waals surface area contributed by atoms with Gasteiger partial charge in [-0.2, -0.15) is 0 Å². The highest BCUT2D eigenvalue weighted by Gasteiger charge is 1.99. The van der Waals surface area contributed by atoms with Gasteiger partial charge in [-0.1, -0.05) is 17.7 Å². The predicted molar refractivity (Wildman–Crippen MR) is 68.7 cm³/mol. The molecule has 0 unspecified atom stereocenters. The first-order valence-corrected chi connectivity index (χ1v) is 6.01. The van der Waals surface area contributed by atoms with Gasteiger partial charge in [-0.3, -0.25) is 0 Å². The Hall–Kier alpha value is -1.06. The van der Waals surface area contributed by atoms with E-state index in [0.29, 0.717) is 26.4 Å². The molecule has 0 saturated carbocycles. The maximum Gasteiger partial charge on any atom is 0.122 e. The summed E-state index contributed by atoms with van der Waals surface area (Å²) in [5.74, 6) is 0.965. The first-order chi connectivity index (χ1) is 8.24. The lowest BCUT2D eigenvalue weighted by Gasteiger charge is -2.09. The van der Waals surface area contributed by atoms with E-state index in [4.69, 9.17) is 14.2 Å². The molecule has 0 amide bonds. The van der Waals surface area contributed by atoms with Gasteiger partial charge in [0, 0.05) is 20.1 Å². The van der Waals surface area contributed by atoms with E-state index in [0.717, 1.165) is 12.2 Å². The fourth-order valence-corrected chi connectivity index (χ4v) is 1.55. The average molecular weight is 238 g/mol. The Bertz CT molecular complexity index is 323. The topological polar surface area (TPSA) is 27.7 Å². The van der Waals surface area contributed by atoms with Crippen molar-refractivity contribution in [2.75, 3.05) is 33.5 Å². The molecule has 0 aliphatic carbocycles. The van der Waals surface area contributed by atoms with Crippen molar-refractivity contribution in [3.63, 3.8) is 0 Å². The second-order valence-electron chi connectivity index (χ2n) is 4.08. The first-order valence-electron chi connectivity index (χ1n) is 6.01. The molecule has 3 nitrogen and oxygen atoms in total. The molecule has 0 N–H and O–H groups in total. The SMILES string of the molecule is COCCOCCCOc1ccc(C)cc1C. The number of aryl methyl sites for hydroxylation is 2. The normalized spacial score (nSPS) is 10.5. The number of hydrogen-bond donors (Lipinski definition) is 0. The highest BCUT2D eigenvalue weighted by Crippen LogP contribution is 2.18. The van der Waals surface area contributed by atoms with Crippen LogP contribution in [-0.4, -0.2) is 33.5 Å². The van der Waals surface area contributed by atoms with Crippen molar-refractivity contribution >= 4 is 0 Å². The highest BCUT2D eigenvalue weighted by atomic mass is 16.5. The molecule has 0 saturated heterocycles. The molecular weight excluding hydrogens is 216 g/mol. The van der Waals surface area contributed by atoms with Crippen LogP contribution in [0.4, 0.5) is 0 Å². The molecule has 0 heterocycles. The Labute approximate surface area is 104 Å². The Balaban J connectivity index is 2.14. The van der Waals surface area contributed by atoms with Gasteiger partial charge in [-0.05, 0) is 25.5 Å². The van der Waals surface area contributed by atoms with Crippen LogP contribution in [0.5, 0.6) is 5.75 Å². The van der Waals surface area contributed by atoms with Crippen LogP contribution in [0.2, 0.25) is 0 Å². The van der Waals surface area contributed by atoms with E-state index in [-0.39, 0.29) is 0 Å². The van der Waals surface area contributed by atoms with E-state index in [1.165, 1.54) is 11.1 Å². The third-order valence-corrected chi connectivity index (χ3v) is 2.45. The number of benzene rings is 1. The molecule has 17 heavy (non-hydrogen) atoms. The van der Waals surface area contributed by atoms with Crippen LogP contribution in [0.1, 0.15) is 17.5 Å². The smallest absolute Gasteiger partial charge is 0.122 e. The van der Waals surface area contributed by atoms with Crippen molar-refractivity contribution in [3.05, 3.63) is 29.3 Å². The van der Waals surface area contributed by atoms with Crippen molar-refractivity contribution in [2.45, 2.75) is 20.3 Å². The minimum absolute atomic E-state index is 0.651. The monoisotopic (exact) mass is 238 g/mol. The van der Waals surface area contributed by atoms with Gasteiger partial charge in [0.05, 0.1) is 19.8 Å². The van der Waals surface area contributed by atoms with Gasteiger partial charge in [0.25, 0.3) is 0 Å². The van der Waals surface area contributed by atoms with Crippen LogP contribution in [-0.2, 0) is 9.47 Å². The third-order valence-electron chi connectivity index (χ3n) is 2.45.